The fourth-order valence-corrected chi connectivity index (χ4v) is 1.86. The van der Waals surface area contributed by atoms with Crippen molar-refractivity contribution in [2.24, 2.45) is 0 Å². The van der Waals surface area contributed by atoms with Crippen molar-refractivity contribution in [1.82, 2.24) is 20.3 Å². The predicted octanol–water partition coefficient (Wildman–Crippen LogP) is -0.0418. The summed E-state index contributed by atoms with van der Waals surface area (Å²) in [5.41, 5.74) is 0. The minimum absolute atomic E-state index is 0.116. The Morgan fingerprint density at radius 2 is 2.33 bits per heavy atom. The number of nitrogens with zero attached hydrogens (tertiary/aromatic N) is 4. The number of methoxy groups -OCH3 is 1. The third kappa shape index (κ3) is 3.41. The lowest BCUT2D eigenvalue weighted by Gasteiger charge is -2.27. The van der Waals surface area contributed by atoms with E-state index in [2.05, 4.69) is 20.3 Å². The van der Waals surface area contributed by atoms with Crippen LogP contribution in [0.5, 0.6) is 6.01 Å². The Kier molecular flexibility index (Phi) is 4.51. The normalized spacial score (nSPS) is 19.6. The van der Waals surface area contributed by atoms with Gasteiger partial charge >= 0.3 is 6.01 Å². The van der Waals surface area contributed by atoms with E-state index in [0.717, 1.165) is 19.7 Å². The molecule has 1 aromatic rings. The second kappa shape index (κ2) is 6.12. The van der Waals surface area contributed by atoms with Gasteiger partial charge in [0.15, 0.2) is 0 Å². The SMILES string of the molecule is COc1nc(Cl)nc(N(C)CC2CNCCO2)n1. The Balaban J connectivity index is 2.02. The first-order chi connectivity index (χ1) is 8.69. The second-order valence-corrected chi connectivity index (χ2v) is 4.31. The molecule has 0 spiro atoms. The highest BCUT2D eigenvalue weighted by molar-refractivity contribution is 6.28. The topological polar surface area (TPSA) is 72.4 Å². The monoisotopic (exact) mass is 273 g/mol. The molecule has 0 amide bonds. The van der Waals surface area contributed by atoms with Crippen LogP contribution >= 0.6 is 11.6 Å². The van der Waals surface area contributed by atoms with Crippen molar-refractivity contribution in [1.29, 1.82) is 0 Å². The molecular weight excluding hydrogens is 258 g/mol. The molecule has 0 saturated carbocycles. The molecule has 0 bridgehead atoms. The molecule has 1 N–H and O–H groups in total. The number of rotatable bonds is 4. The summed E-state index contributed by atoms with van der Waals surface area (Å²) in [6, 6.07) is 0.208. The lowest BCUT2D eigenvalue weighted by Crippen LogP contribution is -2.44. The fourth-order valence-electron chi connectivity index (χ4n) is 1.71. The van der Waals surface area contributed by atoms with E-state index in [0.29, 0.717) is 12.5 Å². The predicted molar refractivity (Wildman–Crippen MR) is 67.3 cm³/mol. The number of nitrogens with one attached hydrogen (secondary N) is 1. The molecule has 0 radical (unpaired) electrons. The quantitative estimate of drug-likeness (QED) is 0.825. The van der Waals surface area contributed by atoms with Crippen molar-refractivity contribution in [2.75, 3.05) is 45.3 Å². The highest BCUT2D eigenvalue weighted by atomic mass is 35.5. The Morgan fingerprint density at radius 1 is 1.50 bits per heavy atom. The summed E-state index contributed by atoms with van der Waals surface area (Å²) in [5.74, 6) is 0.473. The maximum atomic E-state index is 5.80. The molecule has 1 fully saturated rings. The molecule has 2 rings (SSSR count). The van der Waals surface area contributed by atoms with E-state index < -0.39 is 0 Å². The van der Waals surface area contributed by atoms with Gasteiger partial charge in [0.05, 0.1) is 19.8 Å². The summed E-state index contributed by atoms with van der Waals surface area (Å²) in [7, 11) is 3.37. The molecule has 7 nitrogen and oxygen atoms in total. The molecule has 0 aromatic carbocycles. The summed E-state index contributed by atoms with van der Waals surface area (Å²) < 4.78 is 10.6. The third-order valence-corrected chi connectivity index (χ3v) is 2.75. The maximum absolute atomic E-state index is 5.80. The number of morpholine rings is 1. The van der Waals surface area contributed by atoms with Crippen LogP contribution in [0.4, 0.5) is 5.95 Å². The van der Waals surface area contributed by atoms with Crippen LogP contribution in [0.2, 0.25) is 5.28 Å². The standard InChI is InChI=1S/C10H16ClN5O2/c1-16(6-7-5-12-3-4-18-7)9-13-8(11)14-10(15-9)17-2/h7,12H,3-6H2,1-2H3. The molecule has 1 saturated heterocycles. The van der Waals surface area contributed by atoms with Gasteiger partial charge in [0.25, 0.3) is 0 Å². The van der Waals surface area contributed by atoms with Crippen molar-refractivity contribution >= 4 is 17.5 Å². The van der Waals surface area contributed by atoms with Crippen molar-refractivity contribution < 1.29 is 9.47 Å². The van der Waals surface area contributed by atoms with Crippen molar-refractivity contribution in [3.63, 3.8) is 0 Å². The Labute approximate surface area is 110 Å². The number of anilines is 1. The average Bonchev–Trinajstić information content (AvgIpc) is 2.39. The van der Waals surface area contributed by atoms with E-state index in [9.17, 15) is 0 Å². The number of halogens is 1. The van der Waals surface area contributed by atoms with E-state index in [1.807, 2.05) is 11.9 Å². The molecular formula is C10H16ClN5O2. The van der Waals surface area contributed by atoms with Gasteiger partial charge in [-0.3, -0.25) is 0 Å². The highest BCUT2D eigenvalue weighted by Crippen LogP contribution is 2.14. The first-order valence-electron chi connectivity index (χ1n) is 5.68. The minimum Gasteiger partial charge on any atom is -0.467 e. The van der Waals surface area contributed by atoms with Gasteiger partial charge < -0.3 is 19.7 Å². The average molecular weight is 274 g/mol. The molecule has 8 heteroatoms. The van der Waals surface area contributed by atoms with Gasteiger partial charge in [-0.1, -0.05) is 0 Å². The van der Waals surface area contributed by atoms with Gasteiger partial charge in [-0.15, -0.1) is 0 Å². The van der Waals surface area contributed by atoms with Crippen molar-refractivity contribution in [2.45, 2.75) is 6.10 Å². The van der Waals surface area contributed by atoms with E-state index in [4.69, 9.17) is 21.1 Å². The minimum atomic E-state index is 0.116. The number of hydrogen-bond acceptors (Lipinski definition) is 7. The van der Waals surface area contributed by atoms with Crippen LogP contribution < -0.4 is 15.0 Å². The van der Waals surface area contributed by atoms with Crippen LogP contribution in [0.3, 0.4) is 0 Å². The maximum Gasteiger partial charge on any atom is 0.322 e. The highest BCUT2D eigenvalue weighted by Gasteiger charge is 2.18. The van der Waals surface area contributed by atoms with Gasteiger partial charge in [-0.25, -0.2) is 0 Å². The molecule has 1 aliphatic rings. The summed E-state index contributed by atoms with van der Waals surface area (Å²) in [4.78, 5) is 13.9. The van der Waals surface area contributed by atoms with E-state index in [1.54, 1.807) is 0 Å². The van der Waals surface area contributed by atoms with Crippen LogP contribution in [-0.2, 0) is 4.74 Å². The Bertz CT molecular complexity index is 400. The zero-order valence-electron chi connectivity index (χ0n) is 10.4. The zero-order valence-corrected chi connectivity index (χ0v) is 11.1. The molecule has 18 heavy (non-hydrogen) atoms. The van der Waals surface area contributed by atoms with Crippen molar-refractivity contribution in [3.05, 3.63) is 5.28 Å². The van der Waals surface area contributed by atoms with E-state index >= 15 is 0 Å². The van der Waals surface area contributed by atoms with Crippen LogP contribution in [-0.4, -0.2) is 61.5 Å². The molecule has 100 valence electrons. The van der Waals surface area contributed by atoms with Gasteiger partial charge in [0, 0.05) is 26.7 Å². The van der Waals surface area contributed by atoms with Gasteiger partial charge in [-0.2, -0.15) is 15.0 Å². The number of aromatic nitrogens is 3. The van der Waals surface area contributed by atoms with Crippen LogP contribution in [0, 0.1) is 0 Å². The lowest BCUT2D eigenvalue weighted by atomic mass is 10.3. The fraction of sp³-hybridized carbons (Fsp3) is 0.700. The third-order valence-electron chi connectivity index (χ3n) is 2.58. The smallest absolute Gasteiger partial charge is 0.322 e. The zero-order chi connectivity index (χ0) is 13.0. The summed E-state index contributed by atoms with van der Waals surface area (Å²) in [6.07, 6.45) is 0.116. The van der Waals surface area contributed by atoms with Gasteiger partial charge in [-0.05, 0) is 11.6 Å². The van der Waals surface area contributed by atoms with Crippen LogP contribution in [0.15, 0.2) is 0 Å². The van der Waals surface area contributed by atoms with E-state index in [-0.39, 0.29) is 17.4 Å². The van der Waals surface area contributed by atoms with E-state index in [1.165, 1.54) is 7.11 Å². The summed E-state index contributed by atoms with van der Waals surface area (Å²) in [5, 5.41) is 3.39. The molecule has 1 unspecified atom stereocenters. The first-order valence-corrected chi connectivity index (χ1v) is 6.06. The molecule has 1 aromatic heterocycles. The number of likely N-dealkylation sites (N-methyl/N-ethyl adjacent to an activating group) is 1. The molecule has 1 atom stereocenters. The summed E-state index contributed by atoms with van der Waals surface area (Å²) in [6.45, 7) is 3.11. The van der Waals surface area contributed by atoms with Crippen molar-refractivity contribution in [3.8, 4) is 6.01 Å². The Morgan fingerprint density at radius 3 is 3.00 bits per heavy atom. The number of ether oxygens (including phenoxy) is 2. The largest absolute Gasteiger partial charge is 0.467 e. The molecule has 2 heterocycles. The van der Waals surface area contributed by atoms with Gasteiger partial charge in [0.1, 0.15) is 0 Å². The van der Waals surface area contributed by atoms with Crippen LogP contribution in [0.1, 0.15) is 0 Å². The molecule has 0 aliphatic carbocycles. The van der Waals surface area contributed by atoms with Gasteiger partial charge in [0.2, 0.25) is 11.2 Å². The summed E-state index contributed by atoms with van der Waals surface area (Å²) >= 11 is 5.80. The number of hydrogen-bond donors (Lipinski definition) is 1. The molecule has 1 aliphatic heterocycles. The first kappa shape index (κ1) is 13.3. The Hall–Kier alpha value is -1.18. The lowest BCUT2D eigenvalue weighted by molar-refractivity contribution is 0.0338. The van der Waals surface area contributed by atoms with Crippen LogP contribution in [0.25, 0.3) is 0 Å². The second-order valence-electron chi connectivity index (χ2n) is 3.97.